The molecule has 0 amide bonds. The molecule has 4 rings (SSSR count). The molecule has 4 aliphatic carbocycles. The molecule has 0 radical (unpaired) electrons. The topological polar surface area (TPSA) is 17.1 Å². The summed E-state index contributed by atoms with van der Waals surface area (Å²) in [4.78, 5) is 12.2. The molecule has 118 valence electrons. The Kier molecular flexibility index (Phi) is 3.12. The van der Waals surface area contributed by atoms with Gasteiger partial charge in [-0.1, -0.05) is 27.2 Å². The summed E-state index contributed by atoms with van der Waals surface area (Å²) < 4.78 is 0. The van der Waals surface area contributed by atoms with Gasteiger partial charge in [-0.15, -0.1) is 0 Å². The van der Waals surface area contributed by atoms with E-state index < -0.39 is 0 Å². The highest BCUT2D eigenvalue weighted by Crippen LogP contribution is 2.66. The number of Topliss-reactive ketones (excluding diaryl/α,β-unsaturated/α-hetero) is 1. The van der Waals surface area contributed by atoms with Crippen molar-refractivity contribution in [1.82, 2.24) is 0 Å². The highest BCUT2D eigenvalue weighted by molar-refractivity contribution is 5.82. The van der Waals surface area contributed by atoms with Gasteiger partial charge in [0.2, 0.25) is 0 Å². The van der Waals surface area contributed by atoms with E-state index in [2.05, 4.69) is 20.8 Å². The van der Waals surface area contributed by atoms with Gasteiger partial charge in [0.1, 0.15) is 5.78 Å². The molecule has 0 aromatic carbocycles. The van der Waals surface area contributed by atoms with E-state index >= 15 is 0 Å². The van der Waals surface area contributed by atoms with E-state index in [1.54, 1.807) is 0 Å². The zero-order chi connectivity index (χ0) is 14.8. The van der Waals surface area contributed by atoms with E-state index in [1.165, 1.54) is 51.4 Å². The van der Waals surface area contributed by atoms with Crippen molar-refractivity contribution in [2.24, 2.45) is 40.4 Å². The Morgan fingerprint density at radius 3 is 2.62 bits per heavy atom. The second-order valence-corrected chi connectivity index (χ2v) is 9.52. The van der Waals surface area contributed by atoms with Crippen LogP contribution >= 0.6 is 0 Å². The maximum atomic E-state index is 12.2. The van der Waals surface area contributed by atoms with Crippen LogP contribution in [0.1, 0.15) is 78.6 Å². The van der Waals surface area contributed by atoms with Crippen molar-refractivity contribution >= 4 is 5.78 Å². The lowest BCUT2D eigenvalue weighted by Gasteiger charge is -2.60. The molecule has 0 saturated heterocycles. The summed E-state index contributed by atoms with van der Waals surface area (Å²) in [5, 5.41) is 0. The third-order valence-electron chi connectivity index (χ3n) is 8.59. The van der Waals surface area contributed by atoms with Gasteiger partial charge in [0.15, 0.2) is 0 Å². The van der Waals surface area contributed by atoms with E-state index in [9.17, 15) is 4.79 Å². The molecule has 0 heterocycles. The summed E-state index contributed by atoms with van der Waals surface area (Å²) in [6.45, 7) is 7.34. The van der Waals surface area contributed by atoms with Crippen LogP contribution in [0.5, 0.6) is 0 Å². The molecule has 4 saturated carbocycles. The quantitative estimate of drug-likeness (QED) is 0.596. The summed E-state index contributed by atoms with van der Waals surface area (Å²) in [5.74, 6) is 4.48. The first kappa shape index (κ1) is 14.3. The van der Waals surface area contributed by atoms with Crippen molar-refractivity contribution < 1.29 is 4.79 Å². The Morgan fingerprint density at radius 1 is 1.00 bits per heavy atom. The van der Waals surface area contributed by atoms with Crippen molar-refractivity contribution in [3.05, 3.63) is 0 Å². The average molecular weight is 288 g/mol. The minimum absolute atomic E-state index is 0.321. The first-order valence-corrected chi connectivity index (χ1v) is 9.47. The molecule has 4 aliphatic rings. The van der Waals surface area contributed by atoms with Crippen molar-refractivity contribution in [2.75, 3.05) is 0 Å². The Morgan fingerprint density at radius 2 is 1.81 bits per heavy atom. The molecule has 1 heteroatoms. The van der Waals surface area contributed by atoms with Gasteiger partial charge in [0, 0.05) is 12.3 Å². The molecule has 0 spiro atoms. The monoisotopic (exact) mass is 288 g/mol. The fourth-order valence-electron chi connectivity index (χ4n) is 7.40. The molecule has 7 atom stereocenters. The van der Waals surface area contributed by atoms with Crippen LogP contribution in [0, 0.1) is 40.4 Å². The van der Waals surface area contributed by atoms with Gasteiger partial charge in [0.05, 0.1) is 0 Å². The second-order valence-electron chi connectivity index (χ2n) is 9.52. The molecule has 0 aliphatic heterocycles. The normalized spacial score (nSPS) is 56.5. The van der Waals surface area contributed by atoms with E-state index in [0.29, 0.717) is 28.4 Å². The van der Waals surface area contributed by atoms with Crippen LogP contribution < -0.4 is 0 Å². The van der Waals surface area contributed by atoms with Gasteiger partial charge in [-0.05, 0) is 79.4 Å². The predicted octanol–water partition coefficient (Wildman–Crippen LogP) is 5.23. The lowest BCUT2D eigenvalue weighted by Crippen LogP contribution is -2.54. The minimum Gasteiger partial charge on any atom is -0.299 e. The van der Waals surface area contributed by atoms with Gasteiger partial charge in [-0.25, -0.2) is 0 Å². The lowest BCUT2D eigenvalue weighted by molar-refractivity contribution is -0.144. The van der Waals surface area contributed by atoms with Crippen LogP contribution in [0.2, 0.25) is 0 Å². The number of carbonyl (C=O) groups excluding carboxylic acids is 1. The fourth-order valence-corrected chi connectivity index (χ4v) is 7.40. The van der Waals surface area contributed by atoms with Crippen LogP contribution in [-0.2, 0) is 4.79 Å². The zero-order valence-corrected chi connectivity index (χ0v) is 14.2. The number of hydrogen-bond donors (Lipinski definition) is 0. The van der Waals surface area contributed by atoms with Gasteiger partial charge < -0.3 is 0 Å². The molecule has 1 nitrogen and oxygen atoms in total. The average Bonchev–Trinajstić information content (AvgIpc) is 2.82. The first-order valence-electron chi connectivity index (χ1n) is 9.47. The van der Waals surface area contributed by atoms with Crippen LogP contribution in [0.3, 0.4) is 0 Å². The molecular weight excluding hydrogens is 256 g/mol. The van der Waals surface area contributed by atoms with E-state index in [-0.39, 0.29) is 0 Å². The van der Waals surface area contributed by atoms with Crippen LogP contribution in [-0.4, -0.2) is 5.78 Å². The van der Waals surface area contributed by atoms with Gasteiger partial charge in [-0.3, -0.25) is 4.79 Å². The third kappa shape index (κ3) is 1.91. The van der Waals surface area contributed by atoms with Crippen LogP contribution in [0.4, 0.5) is 0 Å². The number of hydrogen-bond acceptors (Lipinski definition) is 1. The molecular formula is C20H32O. The predicted molar refractivity (Wildman–Crippen MR) is 85.9 cm³/mol. The summed E-state index contributed by atoms with van der Waals surface area (Å²) in [6, 6.07) is 0. The third-order valence-corrected chi connectivity index (χ3v) is 8.59. The van der Waals surface area contributed by atoms with Crippen molar-refractivity contribution in [1.29, 1.82) is 0 Å². The van der Waals surface area contributed by atoms with Crippen molar-refractivity contribution in [3.8, 4) is 0 Å². The van der Waals surface area contributed by atoms with Crippen molar-refractivity contribution in [2.45, 2.75) is 78.6 Å². The van der Waals surface area contributed by atoms with Crippen LogP contribution in [0.15, 0.2) is 0 Å². The Labute approximate surface area is 130 Å². The molecule has 2 unspecified atom stereocenters. The molecule has 0 aromatic heterocycles. The Balaban J connectivity index is 1.65. The molecule has 4 fully saturated rings. The van der Waals surface area contributed by atoms with E-state index in [0.717, 1.165) is 24.2 Å². The molecule has 21 heavy (non-hydrogen) atoms. The van der Waals surface area contributed by atoms with Gasteiger partial charge >= 0.3 is 0 Å². The fraction of sp³-hybridized carbons (Fsp3) is 0.950. The number of ketones is 1. The summed E-state index contributed by atoms with van der Waals surface area (Å²) >= 11 is 0. The highest BCUT2D eigenvalue weighted by Gasteiger charge is 2.58. The lowest BCUT2D eigenvalue weighted by atomic mass is 9.44. The minimum atomic E-state index is 0.321. The van der Waals surface area contributed by atoms with Crippen LogP contribution in [0.25, 0.3) is 0 Å². The highest BCUT2D eigenvalue weighted by atomic mass is 16.1. The second kappa shape index (κ2) is 4.59. The van der Waals surface area contributed by atoms with E-state index in [1.807, 2.05) is 0 Å². The van der Waals surface area contributed by atoms with E-state index in [4.69, 9.17) is 0 Å². The number of rotatable bonds is 0. The van der Waals surface area contributed by atoms with Crippen molar-refractivity contribution in [3.63, 3.8) is 0 Å². The largest absolute Gasteiger partial charge is 0.299 e. The maximum Gasteiger partial charge on any atom is 0.136 e. The Bertz CT molecular complexity index is 455. The SMILES string of the molecule is C[C@@H]1C[C@]2(C)C3CC[C@]4(C)CCC[C@H]4C3CC[C@H]2CC1=O. The zero-order valence-electron chi connectivity index (χ0n) is 14.2. The summed E-state index contributed by atoms with van der Waals surface area (Å²) in [5.41, 5.74) is 1.14. The van der Waals surface area contributed by atoms with Gasteiger partial charge in [-0.2, -0.15) is 0 Å². The first-order chi connectivity index (χ1) is 9.94. The summed E-state index contributed by atoms with van der Waals surface area (Å²) in [7, 11) is 0. The van der Waals surface area contributed by atoms with Gasteiger partial charge in [0.25, 0.3) is 0 Å². The molecule has 0 aromatic rings. The standard InChI is InChI=1S/C20H32O/c1-13-12-20(3)14(11-18(13)21)6-7-15-16-5-4-9-19(16,2)10-8-17(15)20/h13-17H,4-12H2,1-3H3/t13-,14+,15?,16+,17?,19+,20+/m1/s1. The molecule has 0 bridgehead atoms. The molecule has 0 N–H and O–H groups in total. The summed E-state index contributed by atoms with van der Waals surface area (Å²) in [6.07, 6.45) is 12.2. The smallest absolute Gasteiger partial charge is 0.136 e. The number of carbonyl (C=O) groups is 1. The number of fused-ring (bicyclic) bond motifs is 5. The Hall–Kier alpha value is -0.330. The maximum absolute atomic E-state index is 12.2.